The molecule has 1 aromatic heterocycles. The van der Waals surface area contributed by atoms with E-state index in [4.69, 9.17) is 10.5 Å². The Bertz CT molecular complexity index is 431. The number of nitrogens with zero attached hydrogens (tertiary/aromatic N) is 2. The van der Waals surface area contributed by atoms with E-state index in [9.17, 15) is 10.1 Å². The summed E-state index contributed by atoms with van der Waals surface area (Å²) in [6.07, 6.45) is 1.37. The van der Waals surface area contributed by atoms with Gasteiger partial charge in [0.05, 0.1) is 35.9 Å². The maximum Gasteiger partial charge on any atom is 0.297 e. The minimum Gasteiger partial charge on any atom is -0.383 e. The van der Waals surface area contributed by atoms with Crippen LogP contribution in [0.4, 0.5) is 17.2 Å². The van der Waals surface area contributed by atoms with Gasteiger partial charge in [-0.2, -0.15) is 0 Å². The van der Waals surface area contributed by atoms with Crippen LogP contribution in [-0.4, -0.2) is 28.7 Å². The maximum atomic E-state index is 10.8. The lowest BCUT2D eigenvalue weighted by atomic mass is 10.0. The molecule has 0 radical (unpaired) electrons. The maximum absolute atomic E-state index is 10.8. The highest BCUT2D eigenvalue weighted by Crippen LogP contribution is 2.30. The summed E-state index contributed by atoms with van der Waals surface area (Å²) in [6, 6.07) is 1.24. The van der Waals surface area contributed by atoms with Gasteiger partial charge < -0.3 is 15.8 Å². The lowest BCUT2D eigenvalue weighted by molar-refractivity contribution is -0.384. The minimum absolute atomic E-state index is 0.0689. The highest BCUT2D eigenvalue weighted by atomic mass is 16.6. The standard InChI is InChI=1S/C9H12N4O3/c1-9(4-16-5-9)12-6-3-11-8(10)2-7(6)13(14)15/h2-3,12H,4-5H2,1H3,(H2,10,11). The Morgan fingerprint density at radius 2 is 2.38 bits per heavy atom. The SMILES string of the molecule is CC1(Nc2cnc(N)cc2[N+](=O)[O-])COC1. The van der Waals surface area contributed by atoms with Crippen LogP contribution in [0.1, 0.15) is 6.92 Å². The molecular formula is C9H12N4O3. The molecule has 1 fully saturated rings. The second-order valence-corrected chi connectivity index (χ2v) is 4.06. The summed E-state index contributed by atoms with van der Waals surface area (Å²) < 4.78 is 5.06. The number of rotatable bonds is 3. The van der Waals surface area contributed by atoms with Crippen molar-refractivity contribution < 1.29 is 9.66 Å². The average molecular weight is 224 g/mol. The van der Waals surface area contributed by atoms with Crippen LogP contribution in [0.25, 0.3) is 0 Å². The molecule has 1 aliphatic rings. The third-order valence-corrected chi connectivity index (χ3v) is 2.38. The minimum atomic E-state index is -0.483. The van der Waals surface area contributed by atoms with Gasteiger partial charge in [0.25, 0.3) is 5.69 Å². The van der Waals surface area contributed by atoms with Crippen LogP contribution in [0.3, 0.4) is 0 Å². The summed E-state index contributed by atoms with van der Waals surface area (Å²) >= 11 is 0. The third kappa shape index (κ3) is 1.89. The summed E-state index contributed by atoms with van der Waals surface area (Å²) in [5, 5.41) is 13.9. The van der Waals surface area contributed by atoms with Gasteiger partial charge in [-0.15, -0.1) is 0 Å². The number of nitro groups is 1. The largest absolute Gasteiger partial charge is 0.383 e. The monoisotopic (exact) mass is 224 g/mol. The van der Waals surface area contributed by atoms with Crippen molar-refractivity contribution in [3.63, 3.8) is 0 Å². The van der Waals surface area contributed by atoms with Gasteiger partial charge in [0, 0.05) is 0 Å². The Labute approximate surface area is 91.8 Å². The van der Waals surface area contributed by atoms with E-state index in [1.807, 2.05) is 6.92 Å². The molecule has 1 aromatic rings. The molecule has 0 amide bonds. The van der Waals surface area contributed by atoms with Crippen molar-refractivity contribution in [2.75, 3.05) is 24.3 Å². The van der Waals surface area contributed by atoms with Gasteiger partial charge in [0.2, 0.25) is 0 Å². The number of hydrogen-bond acceptors (Lipinski definition) is 6. The Balaban J connectivity index is 2.29. The molecule has 1 saturated heterocycles. The van der Waals surface area contributed by atoms with Gasteiger partial charge >= 0.3 is 0 Å². The molecule has 0 atom stereocenters. The van der Waals surface area contributed by atoms with Crippen molar-refractivity contribution in [3.8, 4) is 0 Å². The van der Waals surface area contributed by atoms with Crippen LogP contribution >= 0.6 is 0 Å². The average Bonchev–Trinajstić information content (AvgIpc) is 2.18. The van der Waals surface area contributed by atoms with Crippen molar-refractivity contribution in [2.24, 2.45) is 0 Å². The van der Waals surface area contributed by atoms with Gasteiger partial charge in [0.15, 0.2) is 0 Å². The van der Waals surface area contributed by atoms with Crippen LogP contribution in [0.5, 0.6) is 0 Å². The van der Waals surface area contributed by atoms with E-state index in [0.29, 0.717) is 18.9 Å². The van der Waals surface area contributed by atoms with E-state index in [0.717, 1.165) is 0 Å². The van der Waals surface area contributed by atoms with Gasteiger partial charge in [-0.3, -0.25) is 10.1 Å². The topological polar surface area (TPSA) is 103 Å². The van der Waals surface area contributed by atoms with E-state index in [2.05, 4.69) is 10.3 Å². The molecule has 2 rings (SSSR count). The Hall–Kier alpha value is -1.89. The zero-order chi connectivity index (χ0) is 11.8. The number of nitrogens with two attached hydrogens (primary N) is 1. The fourth-order valence-corrected chi connectivity index (χ4v) is 1.51. The molecule has 7 heteroatoms. The third-order valence-electron chi connectivity index (χ3n) is 2.38. The second-order valence-electron chi connectivity index (χ2n) is 4.06. The summed E-state index contributed by atoms with van der Waals surface area (Å²) in [5.74, 6) is 0.132. The normalized spacial score (nSPS) is 17.6. The lowest BCUT2D eigenvalue weighted by Crippen LogP contribution is -2.53. The van der Waals surface area contributed by atoms with E-state index in [1.54, 1.807) is 0 Å². The van der Waals surface area contributed by atoms with E-state index < -0.39 is 4.92 Å². The molecule has 2 heterocycles. The molecule has 0 aliphatic carbocycles. The Kier molecular flexibility index (Phi) is 2.39. The molecule has 1 aliphatic heterocycles. The van der Waals surface area contributed by atoms with Crippen LogP contribution in [0, 0.1) is 10.1 Å². The van der Waals surface area contributed by atoms with Crippen LogP contribution in [-0.2, 0) is 4.74 Å². The molecule has 86 valence electrons. The lowest BCUT2D eigenvalue weighted by Gasteiger charge is -2.39. The van der Waals surface area contributed by atoms with Crippen LogP contribution < -0.4 is 11.1 Å². The number of nitrogen functional groups attached to an aromatic ring is 1. The van der Waals surface area contributed by atoms with Gasteiger partial charge in [-0.05, 0) is 6.92 Å². The molecule has 0 aromatic carbocycles. The highest BCUT2D eigenvalue weighted by Gasteiger charge is 2.35. The van der Waals surface area contributed by atoms with Crippen molar-refractivity contribution in [3.05, 3.63) is 22.4 Å². The van der Waals surface area contributed by atoms with Crippen molar-refractivity contribution >= 4 is 17.2 Å². The predicted octanol–water partition coefficient (Wildman–Crippen LogP) is 0.773. The molecule has 3 N–H and O–H groups in total. The molecule has 0 unspecified atom stereocenters. The zero-order valence-electron chi connectivity index (χ0n) is 8.77. The first-order valence-corrected chi connectivity index (χ1v) is 4.76. The van der Waals surface area contributed by atoms with Crippen molar-refractivity contribution in [2.45, 2.75) is 12.5 Å². The van der Waals surface area contributed by atoms with Crippen LogP contribution in [0.15, 0.2) is 12.3 Å². The first kappa shape index (κ1) is 10.6. The summed E-state index contributed by atoms with van der Waals surface area (Å²) in [5.41, 5.74) is 5.44. The highest BCUT2D eigenvalue weighted by molar-refractivity contribution is 5.64. The van der Waals surface area contributed by atoms with E-state index in [-0.39, 0.29) is 17.0 Å². The number of nitrogens with one attached hydrogen (secondary N) is 1. The number of ether oxygens (including phenoxy) is 1. The fourth-order valence-electron chi connectivity index (χ4n) is 1.51. The van der Waals surface area contributed by atoms with Crippen LogP contribution in [0.2, 0.25) is 0 Å². The van der Waals surface area contributed by atoms with E-state index >= 15 is 0 Å². The van der Waals surface area contributed by atoms with Gasteiger partial charge in [-0.25, -0.2) is 4.98 Å². The van der Waals surface area contributed by atoms with Gasteiger partial charge in [0.1, 0.15) is 11.5 Å². The van der Waals surface area contributed by atoms with Crippen molar-refractivity contribution in [1.29, 1.82) is 0 Å². The van der Waals surface area contributed by atoms with E-state index in [1.165, 1.54) is 12.3 Å². The number of pyridine rings is 1. The molecule has 0 saturated carbocycles. The molecule has 16 heavy (non-hydrogen) atoms. The number of aromatic nitrogens is 1. The zero-order valence-corrected chi connectivity index (χ0v) is 8.77. The molecule has 0 spiro atoms. The first-order chi connectivity index (χ1) is 7.50. The summed E-state index contributed by atoms with van der Waals surface area (Å²) in [7, 11) is 0. The van der Waals surface area contributed by atoms with Crippen molar-refractivity contribution in [1.82, 2.24) is 4.98 Å². The fraction of sp³-hybridized carbons (Fsp3) is 0.444. The quantitative estimate of drug-likeness (QED) is 0.580. The summed E-state index contributed by atoms with van der Waals surface area (Å²) in [4.78, 5) is 14.2. The smallest absolute Gasteiger partial charge is 0.297 e. The summed E-state index contributed by atoms with van der Waals surface area (Å²) in [6.45, 7) is 2.97. The predicted molar refractivity (Wildman–Crippen MR) is 58.2 cm³/mol. The first-order valence-electron chi connectivity index (χ1n) is 4.76. The number of anilines is 2. The Morgan fingerprint density at radius 1 is 1.69 bits per heavy atom. The molecular weight excluding hydrogens is 212 g/mol. The number of hydrogen-bond donors (Lipinski definition) is 2. The Morgan fingerprint density at radius 3 is 2.88 bits per heavy atom. The molecule has 0 bridgehead atoms. The second kappa shape index (κ2) is 3.60. The van der Waals surface area contributed by atoms with Gasteiger partial charge in [-0.1, -0.05) is 0 Å². The molecule has 7 nitrogen and oxygen atoms in total.